The van der Waals surface area contributed by atoms with E-state index < -0.39 is 0 Å². The van der Waals surface area contributed by atoms with Crippen molar-refractivity contribution in [3.8, 4) is 10.6 Å². The summed E-state index contributed by atoms with van der Waals surface area (Å²) in [4.78, 5) is 21.8. The molecule has 0 radical (unpaired) electrons. The molecule has 122 valence electrons. The van der Waals surface area contributed by atoms with E-state index in [1.807, 2.05) is 66.0 Å². The van der Waals surface area contributed by atoms with Crippen molar-refractivity contribution < 1.29 is 4.79 Å². The van der Waals surface area contributed by atoms with E-state index in [-0.39, 0.29) is 5.91 Å². The van der Waals surface area contributed by atoms with E-state index in [1.165, 1.54) is 11.8 Å². The predicted molar refractivity (Wildman–Crippen MR) is 105 cm³/mol. The first kappa shape index (κ1) is 15.8. The van der Waals surface area contributed by atoms with Crippen molar-refractivity contribution in [2.24, 2.45) is 4.99 Å². The highest BCUT2D eigenvalue weighted by Gasteiger charge is 2.24. The highest BCUT2D eigenvalue weighted by molar-refractivity contribution is 8.18. The fraction of sp³-hybridized carbons (Fsp3) is 0. The summed E-state index contributed by atoms with van der Waals surface area (Å²) in [5.74, 6) is -0.144. The molecule has 0 saturated carbocycles. The number of aliphatic imine (C=N–C) groups is 1. The van der Waals surface area contributed by atoms with Crippen molar-refractivity contribution >= 4 is 45.9 Å². The van der Waals surface area contributed by atoms with Gasteiger partial charge in [0.15, 0.2) is 5.17 Å². The van der Waals surface area contributed by atoms with Crippen molar-refractivity contribution in [2.75, 3.05) is 0 Å². The van der Waals surface area contributed by atoms with Crippen molar-refractivity contribution in [3.63, 3.8) is 0 Å². The predicted octanol–water partition coefficient (Wildman–Crippen LogP) is 4.70. The first-order valence-corrected chi connectivity index (χ1v) is 9.33. The molecule has 2 heterocycles. The Balaban J connectivity index is 1.55. The van der Waals surface area contributed by atoms with Crippen LogP contribution in [0.15, 0.2) is 75.9 Å². The number of thioether (sulfide) groups is 1. The van der Waals surface area contributed by atoms with Crippen LogP contribution in [0.2, 0.25) is 0 Å². The molecular formula is C19H13N3OS2. The second-order valence-electron chi connectivity index (χ2n) is 5.26. The summed E-state index contributed by atoms with van der Waals surface area (Å²) in [6, 6.07) is 19.6. The molecule has 0 unspecified atom stereocenters. The highest BCUT2D eigenvalue weighted by atomic mass is 32.2. The number of hydrogen-bond acceptors (Lipinski definition) is 5. The molecule has 1 saturated heterocycles. The van der Waals surface area contributed by atoms with Gasteiger partial charge in [-0.2, -0.15) is 0 Å². The second kappa shape index (κ2) is 7.04. The van der Waals surface area contributed by atoms with Gasteiger partial charge in [0, 0.05) is 10.9 Å². The third-order valence-electron chi connectivity index (χ3n) is 3.46. The van der Waals surface area contributed by atoms with Gasteiger partial charge in [-0.3, -0.25) is 4.79 Å². The molecule has 0 atom stereocenters. The number of aromatic nitrogens is 1. The number of amides is 1. The second-order valence-corrected chi connectivity index (χ2v) is 7.15. The smallest absolute Gasteiger partial charge is 0.264 e. The normalized spacial score (nSPS) is 17.2. The fourth-order valence-electron chi connectivity index (χ4n) is 2.30. The van der Waals surface area contributed by atoms with Gasteiger partial charge in [0.25, 0.3) is 5.91 Å². The lowest BCUT2D eigenvalue weighted by Crippen LogP contribution is -2.19. The highest BCUT2D eigenvalue weighted by Crippen LogP contribution is 2.30. The van der Waals surface area contributed by atoms with Gasteiger partial charge in [-0.15, -0.1) is 11.3 Å². The van der Waals surface area contributed by atoms with Gasteiger partial charge >= 0.3 is 0 Å². The van der Waals surface area contributed by atoms with E-state index in [9.17, 15) is 4.79 Å². The topological polar surface area (TPSA) is 54.4 Å². The molecule has 0 spiro atoms. The Kier molecular flexibility index (Phi) is 4.45. The largest absolute Gasteiger partial charge is 0.300 e. The molecule has 1 N–H and O–H groups in total. The van der Waals surface area contributed by atoms with Crippen molar-refractivity contribution in [1.82, 2.24) is 10.3 Å². The van der Waals surface area contributed by atoms with Crippen LogP contribution >= 0.6 is 23.1 Å². The Hall–Kier alpha value is -2.70. The lowest BCUT2D eigenvalue weighted by Gasteiger charge is -1.94. The van der Waals surface area contributed by atoms with Crippen LogP contribution in [-0.4, -0.2) is 16.1 Å². The van der Waals surface area contributed by atoms with Gasteiger partial charge in [0.1, 0.15) is 5.01 Å². The minimum Gasteiger partial charge on any atom is -0.300 e. The van der Waals surface area contributed by atoms with Gasteiger partial charge in [-0.1, -0.05) is 48.5 Å². The molecule has 1 aliphatic rings. The third-order valence-corrected chi connectivity index (χ3v) is 5.28. The zero-order valence-electron chi connectivity index (χ0n) is 13.0. The molecule has 3 aromatic rings. The standard InChI is InChI=1S/C19H13N3OS2/c23-17-16(25-19(22-17)21-14-9-5-2-6-10-14)11-15-12-24-18(20-15)13-7-3-1-4-8-13/h1-12H,(H,21,22,23). The van der Waals surface area contributed by atoms with Crippen molar-refractivity contribution in [3.05, 3.63) is 76.6 Å². The summed E-state index contributed by atoms with van der Waals surface area (Å²) in [5, 5.41) is 6.27. The van der Waals surface area contributed by atoms with Crippen LogP contribution in [0.5, 0.6) is 0 Å². The SMILES string of the molecule is O=C1NC(=Nc2ccccc2)SC1=Cc1csc(-c2ccccc2)n1. The lowest BCUT2D eigenvalue weighted by atomic mass is 10.2. The Morgan fingerprint density at radius 3 is 2.48 bits per heavy atom. The average molecular weight is 363 g/mol. The third kappa shape index (κ3) is 3.70. The minimum atomic E-state index is -0.144. The molecule has 0 bridgehead atoms. The number of hydrogen-bond donors (Lipinski definition) is 1. The summed E-state index contributed by atoms with van der Waals surface area (Å²) < 4.78 is 0. The number of carbonyl (C=O) groups is 1. The molecule has 1 aliphatic heterocycles. The Morgan fingerprint density at radius 2 is 1.72 bits per heavy atom. The van der Waals surface area contributed by atoms with Gasteiger partial charge in [-0.25, -0.2) is 9.98 Å². The van der Waals surface area contributed by atoms with Crippen molar-refractivity contribution in [2.45, 2.75) is 0 Å². The Morgan fingerprint density at radius 1 is 1.00 bits per heavy atom. The summed E-state index contributed by atoms with van der Waals surface area (Å²) in [7, 11) is 0. The van der Waals surface area contributed by atoms with Crippen LogP contribution in [0.25, 0.3) is 16.6 Å². The van der Waals surface area contributed by atoms with Crippen LogP contribution in [0.1, 0.15) is 5.69 Å². The summed E-state index contributed by atoms with van der Waals surface area (Å²) in [6.45, 7) is 0. The quantitative estimate of drug-likeness (QED) is 0.686. The molecule has 25 heavy (non-hydrogen) atoms. The maximum atomic E-state index is 12.2. The lowest BCUT2D eigenvalue weighted by molar-refractivity contribution is -0.115. The zero-order chi connectivity index (χ0) is 17.1. The molecule has 4 rings (SSSR count). The number of amidine groups is 1. The molecule has 4 nitrogen and oxygen atoms in total. The molecule has 0 aliphatic carbocycles. The van der Waals surface area contributed by atoms with E-state index in [4.69, 9.17) is 0 Å². The number of rotatable bonds is 3. The fourth-order valence-corrected chi connectivity index (χ4v) is 3.91. The number of para-hydroxylation sites is 1. The van der Waals surface area contributed by atoms with Crippen LogP contribution in [-0.2, 0) is 4.79 Å². The van der Waals surface area contributed by atoms with Crippen LogP contribution in [0, 0.1) is 0 Å². The first-order chi connectivity index (χ1) is 12.3. The minimum absolute atomic E-state index is 0.144. The summed E-state index contributed by atoms with van der Waals surface area (Å²) >= 11 is 2.89. The van der Waals surface area contributed by atoms with Gasteiger partial charge in [0.05, 0.1) is 16.3 Å². The number of thiazole rings is 1. The van der Waals surface area contributed by atoms with E-state index in [0.29, 0.717) is 10.1 Å². The van der Waals surface area contributed by atoms with Gasteiger partial charge in [-0.05, 0) is 30.0 Å². The molecule has 1 amide bonds. The maximum absolute atomic E-state index is 12.2. The van der Waals surface area contributed by atoms with E-state index >= 15 is 0 Å². The van der Waals surface area contributed by atoms with Crippen LogP contribution in [0.4, 0.5) is 5.69 Å². The number of benzene rings is 2. The van der Waals surface area contributed by atoms with Gasteiger partial charge in [0.2, 0.25) is 0 Å². The zero-order valence-corrected chi connectivity index (χ0v) is 14.7. The monoisotopic (exact) mass is 363 g/mol. The van der Waals surface area contributed by atoms with Gasteiger partial charge < -0.3 is 5.32 Å². The Bertz CT molecular complexity index is 963. The molecule has 2 aromatic carbocycles. The number of nitrogens with one attached hydrogen (secondary N) is 1. The molecule has 6 heteroatoms. The molecule has 1 aromatic heterocycles. The Labute approximate surface area is 153 Å². The molecule has 1 fully saturated rings. The maximum Gasteiger partial charge on any atom is 0.264 e. The summed E-state index contributed by atoms with van der Waals surface area (Å²) in [6.07, 6.45) is 1.80. The number of carbonyl (C=O) groups excluding carboxylic acids is 1. The van der Waals surface area contributed by atoms with Crippen LogP contribution in [0.3, 0.4) is 0 Å². The van der Waals surface area contributed by atoms with E-state index in [0.717, 1.165) is 22.0 Å². The summed E-state index contributed by atoms with van der Waals surface area (Å²) in [5.41, 5.74) is 2.67. The van der Waals surface area contributed by atoms with Crippen molar-refractivity contribution in [1.29, 1.82) is 0 Å². The van der Waals surface area contributed by atoms with Crippen LogP contribution < -0.4 is 5.32 Å². The van der Waals surface area contributed by atoms with E-state index in [1.54, 1.807) is 17.4 Å². The number of nitrogens with zero attached hydrogens (tertiary/aromatic N) is 2. The molecular weight excluding hydrogens is 350 g/mol. The first-order valence-electron chi connectivity index (χ1n) is 7.63. The average Bonchev–Trinajstić information content (AvgIpc) is 3.24. The van der Waals surface area contributed by atoms with E-state index in [2.05, 4.69) is 15.3 Å².